The minimum absolute atomic E-state index is 0.224. The molecule has 2 aromatic carbocycles. The number of nitrogens with one attached hydrogen (secondary N) is 1. The molecule has 0 bridgehead atoms. The van der Waals surface area contributed by atoms with Gasteiger partial charge < -0.3 is 4.98 Å². The van der Waals surface area contributed by atoms with Crippen LogP contribution in [-0.2, 0) is 9.84 Å². The van der Waals surface area contributed by atoms with Crippen LogP contribution in [0, 0.1) is 13.8 Å². The Balaban J connectivity index is 2.09. The fourth-order valence-corrected chi connectivity index (χ4v) is 4.89. The van der Waals surface area contributed by atoms with Crippen molar-refractivity contribution in [2.45, 2.75) is 23.6 Å². The van der Waals surface area contributed by atoms with Crippen LogP contribution in [-0.4, -0.2) is 23.4 Å². The largest absolute Gasteiger partial charge is 0.341 e. The molecule has 2 heterocycles. The zero-order chi connectivity index (χ0) is 19.2. The number of fused-ring (bicyclic) bond motifs is 1. The highest BCUT2D eigenvalue weighted by atomic mass is 79.9. The zero-order valence-electron chi connectivity index (χ0n) is 14.7. The fraction of sp³-hybridized carbons (Fsp3) is 0.100. The van der Waals surface area contributed by atoms with E-state index < -0.39 is 9.84 Å². The number of rotatable bonds is 3. The van der Waals surface area contributed by atoms with E-state index in [9.17, 15) is 8.42 Å². The summed E-state index contributed by atoms with van der Waals surface area (Å²) in [5.74, 6) is 0.739. The van der Waals surface area contributed by atoms with Crippen molar-refractivity contribution in [1.29, 1.82) is 0 Å². The number of halogens is 1. The van der Waals surface area contributed by atoms with Crippen LogP contribution in [0.5, 0.6) is 0 Å². The molecular weight excluding hydrogens is 426 g/mol. The van der Waals surface area contributed by atoms with Crippen molar-refractivity contribution in [3.8, 4) is 11.4 Å². The summed E-state index contributed by atoms with van der Waals surface area (Å²) in [5, 5.41) is 0.580. The smallest absolute Gasteiger partial charge is 0.207 e. The summed E-state index contributed by atoms with van der Waals surface area (Å²) in [5.41, 5.74) is 2.79. The average Bonchev–Trinajstić information content (AvgIpc) is 3.11. The topological polar surface area (TPSA) is 75.7 Å². The predicted octanol–water partition coefficient (Wildman–Crippen LogP) is 4.84. The molecule has 0 radical (unpaired) electrons. The maximum atomic E-state index is 13.4. The first-order chi connectivity index (χ1) is 12.9. The molecule has 4 rings (SSSR count). The van der Waals surface area contributed by atoms with Gasteiger partial charge in [-0.2, -0.15) is 0 Å². The van der Waals surface area contributed by atoms with Crippen LogP contribution in [0.2, 0.25) is 0 Å². The molecule has 0 atom stereocenters. The number of aromatic amines is 1. The second kappa shape index (κ2) is 6.58. The Kier molecular flexibility index (Phi) is 4.36. The first-order valence-electron chi connectivity index (χ1n) is 8.30. The molecule has 0 saturated carbocycles. The zero-order valence-corrected chi connectivity index (χ0v) is 17.1. The van der Waals surface area contributed by atoms with Crippen LogP contribution in [0.3, 0.4) is 0 Å². The number of nitrogens with zero attached hydrogens (tertiary/aromatic N) is 2. The molecule has 7 heteroatoms. The third kappa shape index (κ3) is 3.07. The van der Waals surface area contributed by atoms with Gasteiger partial charge in [-0.1, -0.05) is 30.3 Å². The summed E-state index contributed by atoms with van der Waals surface area (Å²) in [6, 6.07) is 13.7. The van der Waals surface area contributed by atoms with Gasteiger partial charge in [0.1, 0.15) is 5.82 Å². The molecule has 0 fully saturated rings. The lowest BCUT2D eigenvalue weighted by atomic mass is 10.1. The molecule has 5 nitrogen and oxygen atoms in total. The molecular formula is C20H16BrN3O2S. The van der Waals surface area contributed by atoms with E-state index >= 15 is 0 Å². The highest BCUT2D eigenvalue weighted by Gasteiger charge is 2.23. The molecule has 27 heavy (non-hydrogen) atoms. The minimum atomic E-state index is -3.71. The average molecular weight is 442 g/mol. The van der Waals surface area contributed by atoms with E-state index in [0.29, 0.717) is 22.3 Å². The summed E-state index contributed by atoms with van der Waals surface area (Å²) in [6.07, 6.45) is 1.66. The van der Waals surface area contributed by atoms with Crippen molar-refractivity contribution in [2.24, 2.45) is 0 Å². The van der Waals surface area contributed by atoms with Crippen LogP contribution < -0.4 is 0 Å². The number of aryl methyl sites for hydroxylation is 2. The molecule has 1 N–H and O–H groups in total. The summed E-state index contributed by atoms with van der Waals surface area (Å²) in [6.45, 7) is 3.79. The van der Waals surface area contributed by atoms with Crippen LogP contribution in [0.1, 0.15) is 11.4 Å². The first-order valence-corrected chi connectivity index (χ1v) is 10.6. The molecule has 0 aliphatic carbocycles. The molecule has 4 aromatic rings. The standard InChI is InChI=1S/C20H16BrN3O2S/c1-12-8-9-15-18(27(25,26)14-6-4-3-5-7-14)10-16(24-20(15)19(12)21)17-11-22-13(2)23-17/h3-11H,1-2H3,(H,22,23). The normalized spacial score (nSPS) is 11.8. The summed E-state index contributed by atoms with van der Waals surface area (Å²) in [7, 11) is -3.71. The van der Waals surface area contributed by atoms with Crippen molar-refractivity contribution in [1.82, 2.24) is 15.0 Å². The number of pyridine rings is 1. The highest BCUT2D eigenvalue weighted by molar-refractivity contribution is 9.10. The summed E-state index contributed by atoms with van der Waals surface area (Å²) < 4.78 is 27.5. The molecule has 0 aliphatic heterocycles. The fourth-order valence-electron chi connectivity index (χ4n) is 2.97. The number of H-pyrrole nitrogens is 1. The van der Waals surface area contributed by atoms with Gasteiger partial charge in [-0.3, -0.25) is 0 Å². The van der Waals surface area contributed by atoms with E-state index in [0.717, 1.165) is 15.9 Å². The molecule has 0 spiro atoms. The Labute approximate surface area is 165 Å². The quantitative estimate of drug-likeness (QED) is 0.493. The van der Waals surface area contributed by atoms with Crippen molar-refractivity contribution in [3.63, 3.8) is 0 Å². The van der Waals surface area contributed by atoms with Gasteiger partial charge in [0.15, 0.2) is 0 Å². The van der Waals surface area contributed by atoms with Gasteiger partial charge >= 0.3 is 0 Å². The Morgan fingerprint density at radius 1 is 1.04 bits per heavy atom. The second-order valence-electron chi connectivity index (χ2n) is 6.30. The number of imidazole rings is 1. The molecule has 0 aliphatic rings. The van der Waals surface area contributed by atoms with Gasteiger partial charge in [0, 0.05) is 9.86 Å². The molecule has 0 unspecified atom stereocenters. The van der Waals surface area contributed by atoms with E-state index in [1.165, 1.54) is 0 Å². The van der Waals surface area contributed by atoms with E-state index in [4.69, 9.17) is 4.98 Å². The monoisotopic (exact) mass is 441 g/mol. The molecule has 0 saturated heterocycles. The van der Waals surface area contributed by atoms with Crippen molar-refractivity contribution < 1.29 is 8.42 Å². The molecule has 2 aromatic heterocycles. The number of sulfone groups is 1. The SMILES string of the molecule is Cc1ncc(-c2cc(S(=O)(=O)c3ccccc3)c3ccc(C)c(Br)c3n2)[nH]1. The number of aromatic nitrogens is 3. The van der Waals surface area contributed by atoms with Gasteiger partial charge in [-0.25, -0.2) is 18.4 Å². The molecule has 0 amide bonds. The number of hydrogen-bond acceptors (Lipinski definition) is 4. The third-order valence-electron chi connectivity index (χ3n) is 4.40. The molecule has 136 valence electrons. The second-order valence-corrected chi connectivity index (χ2v) is 9.01. The number of benzene rings is 2. The van der Waals surface area contributed by atoms with Crippen molar-refractivity contribution in [2.75, 3.05) is 0 Å². The van der Waals surface area contributed by atoms with Gasteiger partial charge in [0.2, 0.25) is 9.84 Å². The Bertz CT molecular complexity index is 1270. The van der Waals surface area contributed by atoms with Gasteiger partial charge in [0.25, 0.3) is 0 Å². The van der Waals surface area contributed by atoms with Crippen LogP contribution in [0.25, 0.3) is 22.3 Å². The minimum Gasteiger partial charge on any atom is -0.341 e. The van der Waals surface area contributed by atoms with E-state index in [1.54, 1.807) is 48.7 Å². The Hall–Kier alpha value is -2.51. The lowest BCUT2D eigenvalue weighted by Gasteiger charge is -2.12. The first kappa shape index (κ1) is 17.9. The number of hydrogen-bond donors (Lipinski definition) is 1. The lowest BCUT2D eigenvalue weighted by Crippen LogP contribution is -2.05. The predicted molar refractivity (Wildman–Crippen MR) is 108 cm³/mol. The van der Waals surface area contributed by atoms with Gasteiger partial charge in [-0.15, -0.1) is 0 Å². The van der Waals surface area contributed by atoms with E-state index in [2.05, 4.69) is 25.9 Å². The van der Waals surface area contributed by atoms with Gasteiger partial charge in [-0.05, 0) is 53.5 Å². The lowest BCUT2D eigenvalue weighted by molar-refractivity contribution is 0.597. The van der Waals surface area contributed by atoms with Crippen LogP contribution in [0.15, 0.2) is 69.0 Å². The Morgan fingerprint density at radius 2 is 1.78 bits per heavy atom. The van der Waals surface area contributed by atoms with E-state index in [1.807, 2.05) is 19.9 Å². The van der Waals surface area contributed by atoms with E-state index in [-0.39, 0.29) is 9.79 Å². The van der Waals surface area contributed by atoms with Crippen LogP contribution >= 0.6 is 15.9 Å². The van der Waals surface area contributed by atoms with Gasteiger partial charge in [0.05, 0.1) is 32.9 Å². The summed E-state index contributed by atoms with van der Waals surface area (Å²) >= 11 is 3.57. The highest BCUT2D eigenvalue weighted by Crippen LogP contribution is 2.35. The summed E-state index contributed by atoms with van der Waals surface area (Å²) in [4.78, 5) is 12.5. The third-order valence-corrected chi connectivity index (χ3v) is 7.21. The maximum absolute atomic E-state index is 13.4. The maximum Gasteiger partial charge on any atom is 0.207 e. The van der Waals surface area contributed by atoms with Crippen molar-refractivity contribution in [3.05, 3.63) is 70.6 Å². The van der Waals surface area contributed by atoms with Crippen LogP contribution in [0.4, 0.5) is 0 Å². The van der Waals surface area contributed by atoms with Crippen molar-refractivity contribution >= 4 is 36.7 Å². The Morgan fingerprint density at radius 3 is 2.44 bits per heavy atom.